The monoisotopic (exact) mass is 347 g/mol. The van der Waals surface area contributed by atoms with Gasteiger partial charge >= 0.3 is 0 Å². The molecule has 1 heterocycles. The van der Waals surface area contributed by atoms with Crippen molar-refractivity contribution in [2.45, 2.75) is 0 Å². The number of ether oxygens (including phenoxy) is 1. The molecule has 6 heteroatoms. The second-order valence-electron chi connectivity index (χ2n) is 2.94. The third kappa shape index (κ3) is 2.73. The summed E-state index contributed by atoms with van der Waals surface area (Å²) < 4.78 is 6.60. The lowest BCUT2D eigenvalue weighted by molar-refractivity contribution is 0.463. The van der Waals surface area contributed by atoms with Gasteiger partial charge in [0.1, 0.15) is 10.8 Å². The van der Waals surface area contributed by atoms with Crippen molar-refractivity contribution in [1.82, 2.24) is 9.97 Å². The molecule has 0 radical (unpaired) electrons. The van der Waals surface area contributed by atoms with E-state index in [9.17, 15) is 0 Å². The predicted octanol–water partition coefficient (Wildman–Crippen LogP) is 3.11. The topological polar surface area (TPSA) is 61.0 Å². The largest absolute Gasteiger partial charge is 0.437 e. The zero-order valence-corrected chi connectivity index (χ0v) is 10.9. The van der Waals surface area contributed by atoms with Gasteiger partial charge in [-0.1, -0.05) is 11.6 Å². The molecular weight excluding hydrogens is 340 g/mol. The summed E-state index contributed by atoms with van der Waals surface area (Å²) in [4.78, 5) is 7.65. The zero-order chi connectivity index (χ0) is 11.5. The van der Waals surface area contributed by atoms with E-state index < -0.39 is 0 Å². The minimum Gasteiger partial charge on any atom is -0.437 e. The summed E-state index contributed by atoms with van der Waals surface area (Å²) in [6, 6.07) is 7.51. The fraction of sp³-hybridized carbons (Fsp3) is 0. The van der Waals surface area contributed by atoms with Crippen LogP contribution in [-0.2, 0) is 0 Å². The van der Waals surface area contributed by atoms with Crippen LogP contribution in [0, 0.1) is 3.57 Å². The molecule has 0 aliphatic heterocycles. The molecule has 0 aliphatic rings. The van der Waals surface area contributed by atoms with E-state index in [1.54, 1.807) is 0 Å². The van der Waals surface area contributed by atoms with Crippen LogP contribution in [-0.4, -0.2) is 9.97 Å². The van der Waals surface area contributed by atoms with E-state index in [1.807, 2.05) is 24.3 Å². The van der Waals surface area contributed by atoms with Crippen molar-refractivity contribution < 1.29 is 4.74 Å². The number of hydrogen-bond acceptors (Lipinski definition) is 4. The smallest absolute Gasteiger partial charge is 0.243 e. The van der Waals surface area contributed by atoms with Gasteiger partial charge in [0.2, 0.25) is 11.8 Å². The normalized spacial score (nSPS) is 10.1. The highest BCUT2D eigenvalue weighted by atomic mass is 127. The van der Waals surface area contributed by atoms with Crippen molar-refractivity contribution in [3.63, 3.8) is 0 Å². The average Bonchev–Trinajstić information content (AvgIpc) is 2.27. The fourth-order valence-electron chi connectivity index (χ4n) is 1.05. The Morgan fingerprint density at radius 2 is 1.94 bits per heavy atom. The Morgan fingerprint density at radius 1 is 1.25 bits per heavy atom. The van der Waals surface area contributed by atoms with Gasteiger partial charge in [0, 0.05) is 3.57 Å². The number of nitrogens with two attached hydrogens (primary N) is 1. The van der Waals surface area contributed by atoms with Crippen LogP contribution in [0.15, 0.2) is 30.5 Å². The first kappa shape index (κ1) is 11.4. The van der Waals surface area contributed by atoms with Gasteiger partial charge in [-0.05, 0) is 46.9 Å². The van der Waals surface area contributed by atoms with E-state index in [2.05, 4.69) is 32.6 Å². The molecule has 0 spiro atoms. The molecule has 0 saturated carbocycles. The molecule has 82 valence electrons. The number of rotatable bonds is 2. The molecule has 0 aliphatic carbocycles. The van der Waals surface area contributed by atoms with E-state index >= 15 is 0 Å². The molecule has 0 saturated heterocycles. The molecule has 16 heavy (non-hydrogen) atoms. The number of aromatic nitrogens is 2. The molecule has 2 aromatic rings. The average molecular weight is 348 g/mol. The van der Waals surface area contributed by atoms with Crippen LogP contribution in [0.5, 0.6) is 11.6 Å². The van der Waals surface area contributed by atoms with Crippen molar-refractivity contribution >= 4 is 40.1 Å². The summed E-state index contributed by atoms with van der Waals surface area (Å²) in [5.41, 5.74) is 5.44. The molecule has 1 aromatic carbocycles. The van der Waals surface area contributed by atoms with E-state index in [1.165, 1.54) is 6.20 Å². The number of nitrogen functional groups attached to an aromatic ring is 1. The Labute approximate surface area is 111 Å². The Kier molecular flexibility index (Phi) is 3.45. The Bertz CT molecular complexity index is 504. The first-order valence-corrected chi connectivity index (χ1v) is 5.82. The third-order valence-corrected chi connectivity index (χ3v) is 2.74. The van der Waals surface area contributed by atoms with Crippen LogP contribution in [0.2, 0.25) is 5.02 Å². The first-order valence-electron chi connectivity index (χ1n) is 4.36. The van der Waals surface area contributed by atoms with E-state index in [-0.39, 0.29) is 11.8 Å². The summed E-state index contributed by atoms with van der Waals surface area (Å²) in [6.07, 6.45) is 1.41. The number of nitrogens with zero attached hydrogens (tertiary/aromatic N) is 2. The molecule has 0 atom stereocenters. The van der Waals surface area contributed by atoms with Gasteiger partial charge in [0.05, 0.1) is 6.20 Å². The predicted molar refractivity (Wildman–Crippen MR) is 70.7 cm³/mol. The summed E-state index contributed by atoms with van der Waals surface area (Å²) in [7, 11) is 0. The summed E-state index contributed by atoms with van der Waals surface area (Å²) >= 11 is 8.08. The highest BCUT2D eigenvalue weighted by Gasteiger charge is 2.06. The van der Waals surface area contributed by atoms with Crippen molar-refractivity contribution in [2.24, 2.45) is 0 Å². The lowest BCUT2D eigenvalue weighted by Crippen LogP contribution is -1.97. The van der Waals surface area contributed by atoms with Crippen LogP contribution < -0.4 is 10.5 Å². The van der Waals surface area contributed by atoms with Gasteiger partial charge in [-0.3, -0.25) is 0 Å². The SMILES string of the molecule is Nc1ncc(Cl)c(Oc2ccc(I)cc2)n1. The number of anilines is 1. The van der Waals surface area contributed by atoms with Crippen LogP contribution >= 0.6 is 34.2 Å². The Balaban J connectivity index is 2.26. The lowest BCUT2D eigenvalue weighted by Gasteiger charge is -2.06. The van der Waals surface area contributed by atoms with Crippen LogP contribution in [0.3, 0.4) is 0 Å². The maximum absolute atomic E-state index is 5.87. The van der Waals surface area contributed by atoms with E-state index in [0.29, 0.717) is 10.8 Å². The minimum atomic E-state index is 0.130. The van der Waals surface area contributed by atoms with Gasteiger partial charge in [0.15, 0.2) is 0 Å². The number of benzene rings is 1. The van der Waals surface area contributed by atoms with Crippen molar-refractivity contribution in [3.8, 4) is 11.6 Å². The van der Waals surface area contributed by atoms with Gasteiger partial charge in [-0.15, -0.1) is 0 Å². The van der Waals surface area contributed by atoms with Gasteiger partial charge in [0.25, 0.3) is 0 Å². The molecule has 0 fully saturated rings. The number of halogens is 2. The molecule has 1 aromatic heterocycles. The fourth-order valence-corrected chi connectivity index (χ4v) is 1.54. The van der Waals surface area contributed by atoms with Crippen LogP contribution in [0.1, 0.15) is 0 Å². The van der Waals surface area contributed by atoms with E-state index in [4.69, 9.17) is 22.1 Å². The molecule has 2 N–H and O–H groups in total. The maximum atomic E-state index is 5.87. The van der Waals surface area contributed by atoms with Crippen LogP contribution in [0.25, 0.3) is 0 Å². The minimum absolute atomic E-state index is 0.130. The van der Waals surface area contributed by atoms with Crippen LogP contribution in [0.4, 0.5) is 5.95 Å². The van der Waals surface area contributed by atoms with Crippen molar-refractivity contribution in [3.05, 3.63) is 39.1 Å². The molecular formula is C10H7ClIN3O. The quantitative estimate of drug-likeness (QED) is 0.848. The molecule has 0 unspecified atom stereocenters. The summed E-state index contributed by atoms with van der Waals surface area (Å²) in [5, 5.41) is 0.327. The molecule has 0 amide bonds. The Morgan fingerprint density at radius 3 is 2.62 bits per heavy atom. The second kappa shape index (κ2) is 4.84. The zero-order valence-electron chi connectivity index (χ0n) is 8.02. The number of hydrogen-bond donors (Lipinski definition) is 1. The van der Waals surface area contributed by atoms with E-state index in [0.717, 1.165) is 3.57 Å². The van der Waals surface area contributed by atoms with Gasteiger partial charge in [-0.25, -0.2) is 4.98 Å². The molecule has 4 nitrogen and oxygen atoms in total. The van der Waals surface area contributed by atoms with Crippen molar-refractivity contribution in [2.75, 3.05) is 5.73 Å². The highest BCUT2D eigenvalue weighted by Crippen LogP contribution is 2.27. The van der Waals surface area contributed by atoms with Gasteiger partial charge < -0.3 is 10.5 Å². The lowest BCUT2D eigenvalue weighted by atomic mass is 10.3. The second-order valence-corrected chi connectivity index (χ2v) is 4.59. The molecule has 0 bridgehead atoms. The summed E-state index contributed by atoms with van der Waals surface area (Å²) in [5.74, 6) is 1.04. The first-order chi connectivity index (χ1) is 7.65. The van der Waals surface area contributed by atoms with Gasteiger partial charge in [-0.2, -0.15) is 4.98 Å². The summed E-state index contributed by atoms with van der Waals surface area (Å²) in [6.45, 7) is 0. The maximum Gasteiger partial charge on any atom is 0.243 e. The standard InChI is InChI=1S/C10H7ClIN3O/c11-8-5-14-10(13)15-9(8)16-7-3-1-6(12)2-4-7/h1-5H,(H2,13,14,15). The molecule has 2 rings (SSSR count). The Hall–Kier alpha value is -1.08. The van der Waals surface area contributed by atoms with Crippen molar-refractivity contribution in [1.29, 1.82) is 0 Å². The third-order valence-electron chi connectivity index (χ3n) is 1.76. The highest BCUT2D eigenvalue weighted by molar-refractivity contribution is 14.1.